The lowest BCUT2D eigenvalue weighted by Crippen LogP contribution is -2.56. The van der Waals surface area contributed by atoms with Crippen LogP contribution in [0.4, 0.5) is 5.69 Å². The number of hydrogen-bond donors (Lipinski definition) is 2. The lowest BCUT2D eigenvalue weighted by Gasteiger charge is -2.36. The largest absolute Gasteiger partial charge is 0.486 e. The van der Waals surface area contributed by atoms with E-state index in [1.54, 1.807) is 18.2 Å². The van der Waals surface area contributed by atoms with Gasteiger partial charge in [0, 0.05) is 11.8 Å². The number of benzene rings is 1. The van der Waals surface area contributed by atoms with E-state index >= 15 is 0 Å². The average molecular weight is 285 g/mol. The molecule has 6 heteroatoms. The summed E-state index contributed by atoms with van der Waals surface area (Å²) in [4.78, 5) is 12.0. The van der Waals surface area contributed by atoms with Crippen LogP contribution >= 0.6 is 12.4 Å². The highest BCUT2D eigenvalue weighted by Gasteiger charge is 2.40. The smallest absolute Gasteiger partial charge is 0.244 e. The van der Waals surface area contributed by atoms with Gasteiger partial charge in [0.15, 0.2) is 11.5 Å². The van der Waals surface area contributed by atoms with Gasteiger partial charge in [0.25, 0.3) is 0 Å². The van der Waals surface area contributed by atoms with Crippen molar-refractivity contribution < 1.29 is 14.3 Å². The first-order valence-electron chi connectivity index (χ1n) is 6.17. The fraction of sp³-hybridized carbons (Fsp3) is 0.462. The van der Waals surface area contributed by atoms with E-state index in [0.717, 1.165) is 19.3 Å². The number of amides is 1. The maximum atomic E-state index is 12.0. The third-order valence-electron chi connectivity index (χ3n) is 3.50. The predicted molar refractivity (Wildman–Crippen MR) is 74.1 cm³/mol. The Bertz CT molecular complexity index is 489. The lowest BCUT2D eigenvalue weighted by molar-refractivity contribution is -0.123. The fourth-order valence-corrected chi connectivity index (χ4v) is 2.16. The van der Waals surface area contributed by atoms with Crippen molar-refractivity contribution >= 4 is 24.0 Å². The number of ether oxygens (including phenoxy) is 2. The van der Waals surface area contributed by atoms with Crippen molar-refractivity contribution in [2.45, 2.75) is 24.8 Å². The molecule has 2 aliphatic rings. The van der Waals surface area contributed by atoms with Crippen molar-refractivity contribution in [2.24, 2.45) is 5.73 Å². The summed E-state index contributed by atoms with van der Waals surface area (Å²) in [5, 5.41) is 2.83. The van der Waals surface area contributed by atoms with Crippen molar-refractivity contribution in [2.75, 3.05) is 18.5 Å². The first kappa shape index (κ1) is 14.0. The van der Waals surface area contributed by atoms with Crippen molar-refractivity contribution in [3.63, 3.8) is 0 Å². The average Bonchev–Trinajstić information content (AvgIpc) is 2.35. The number of nitrogens with two attached hydrogens (primary N) is 1. The molecule has 19 heavy (non-hydrogen) atoms. The molecule has 1 aliphatic carbocycles. The van der Waals surface area contributed by atoms with Crippen molar-refractivity contribution in [3.05, 3.63) is 18.2 Å². The Morgan fingerprint density at radius 2 is 1.89 bits per heavy atom. The molecule has 104 valence electrons. The molecule has 1 aromatic carbocycles. The van der Waals surface area contributed by atoms with Gasteiger partial charge >= 0.3 is 0 Å². The summed E-state index contributed by atoms with van der Waals surface area (Å²) in [7, 11) is 0. The molecule has 0 aromatic heterocycles. The zero-order valence-electron chi connectivity index (χ0n) is 10.5. The minimum Gasteiger partial charge on any atom is -0.486 e. The van der Waals surface area contributed by atoms with E-state index in [1.807, 2.05) is 0 Å². The SMILES string of the molecule is Cl.NC1(C(=O)Nc2ccc3c(c2)OCCO3)CCC1. The van der Waals surface area contributed by atoms with E-state index in [2.05, 4.69) is 5.32 Å². The Hall–Kier alpha value is -1.46. The number of hydrogen-bond acceptors (Lipinski definition) is 4. The molecule has 1 saturated carbocycles. The number of rotatable bonds is 2. The molecule has 0 radical (unpaired) electrons. The molecule has 5 nitrogen and oxygen atoms in total. The molecule has 1 heterocycles. The standard InChI is InChI=1S/C13H16N2O3.ClH/c14-13(4-1-5-13)12(16)15-9-2-3-10-11(8-9)18-7-6-17-10;/h2-3,8H,1,4-7,14H2,(H,15,16);1H. The quantitative estimate of drug-likeness (QED) is 0.867. The first-order chi connectivity index (χ1) is 8.67. The van der Waals surface area contributed by atoms with Crippen LogP contribution in [0.2, 0.25) is 0 Å². The molecular weight excluding hydrogens is 268 g/mol. The van der Waals surface area contributed by atoms with E-state index in [-0.39, 0.29) is 18.3 Å². The minimum atomic E-state index is -0.687. The summed E-state index contributed by atoms with van der Waals surface area (Å²) < 4.78 is 10.9. The lowest BCUT2D eigenvalue weighted by atomic mass is 9.77. The number of anilines is 1. The van der Waals surface area contributed by atoms with E-state index in [9.17, 15) is 4.79 Å². The number of carbonyl (C=O) groups is 1. The van der Waals surface area contributed by atoms with Crippen LogP contribution in [0, 0.1) is 0 Å². The van der Waals surface area contributed by atoms with Gasteiger partial charge < -0.3 is 20.5 Å². The summed E-state index contributed by atoms with van der Waals surface area (Å²) in [5.74, 6) is 1.26. The van der Waals surface area contributed by atoms with Crippen molar-refractivity contribution in [1.82, 2.24) is 0 Å². The molecule has 0 atom stereocenters. The molecule has 1 aromatic rings. The van der Waals surface area contributed by atoms with Crippen LogP contribution < -0.4 is 20.5 Å². The van der Waals surface area contributed by atoms with Gasteiger partial charge in [-0.2, -0.15) is 0 Å². The summed E-state index contributed by atoms with van der Waals surface area (Å²) in [6, 6.07) is 5.37. The Kier molecular flexibility index (Phi) is 3.87. The van der Waals surface area contributed by atoms with E-state index < -0.39 is 5.54 Å². The second-order valence-corrected chi connectivity index (χ2v) is 4.82. The van der Waals surface area contributed by atoms with Crippen LogP contribution in [-0.4, -0.2) is 24.7 Å². The molecule has 1 aliphatic heterocycles. The molecule has 1 fully saturated rings. The first-order valence-corrected chi connectivity index (χ1v) is 6.17. The van der Waals surface area contributed by atoms with Crippen LogP contribution in [0.1, 0.15) is 19.3 Å². The van der Waals surface area contributed by atoms with Crippen LogP contribution in [0.25, 0.3) is 0 Å². The maximum Gasteiger partial charge on any atom is 0.244 e. The van der Waals surface area contributed by atoms with Gasteiger partial charge in [-0.25, -0.2) is 0 Å². The molecule has 0 saturated heterocycles. The highest BCUT2D eigenvalue weighted by molar-refractivity contribution is 5.98. The highest BCUT2D eigenvalue weighted by Crippen LogP contribution is 2.34. The van der Waals surface area contributed by atoms with E-state index in [4.69, 9.17) is 15.2 Å². The Morgan fingerprint density at radius 1 is 1.21 bits per heavy atom. The molecule has 3 N–H and O–H groups in total. The maximum absolute atomic E-state index is 12.0. The van der Waals surface area contributed by atoms with Crippen LogP contribution in [0.5, 0.6) is 11.5 Å². The van der Waals surface area contributed by atoms with E-state index in [0.29, 0.717) is 30.4 Å². The normalized spacial score (nSPS) is 18.8. The third kappa shape index (κ3) is 2.62. The summed E-state index contributed by atoms with van der Waals surface area (Å²) in [6.07, 6.45) is 2.53. The Balaban J connectivity index is 0.00000133. The Labute approximate surface area is 117 Å². The molecule has 0 bridgehead atoms. The van der Waals surface area contributed by atoms with Gasteiger partial charge in [-0.3, -0.25) is 4.79 Å². The summed E-state index contributed by atoms with van der Waals surface area (Å²) in [5.41, 5.74) is 5.97. The number of halogens is 1. The second-order valence-electron chi connectivity index (χ2n) is 4.82. The van der Waals surface area contributed by atoms with Gasteiger partial charge in [-0.1, -0.05) is 0 Å². The van der Waals surface area contributed by atoms with Gasteiger partial charge in [-0.15, -0.1) is 12.4 Å². The number of carbonyl (C=O) groups excluding carboxylic acids is 1. The second kappa shape index (κ2) is 5.27. The van der Waals surface area contributed by atoms with Crippen molar-refractivity contribution in [3.8, 4) is 11.5 Å². The van der Waals surface area contributed by atoms with Gasteiger partial charge in [0.2, 0.25) is 5.91 Å². The van der Waals surface area contributed by atoms with Gasteiger partial charge in [0.1, 0.15) is 13.2 Å². The van der Waals surface area contributed by atoms with Crippen LogP contribution in [0.3, 0.4) is 0 Å². The zero-order chi connectivity index (χ0) is 12.6. The topological polar surface area (TPSA) is 73.6 Å². The monoisotopic (exact) mass is 284 g/mol. The van der Waals surface area contributed by atoms with Gasteiger partial charge in [-0.05, 0) is 31.4 Å². The van der Waals surface area contributed by atoms with E-state index in [1.165, 1.54) is 0 Å². The molecule has 3 rings (SSSR count). The van der Waals surface area contributed by atoms with Crippen molar-refractivity contribution in [1.29, 1.82) is 0 Å². The molecule has 0 unspecified atom stereocenters. The third-order valence-corrected chi connectivity index (χ3v) is 3.50. The highest BCUT2D eigenvalue weighted by atomic mass is 35.5. The van der Waals surface area contributed by atoms with Gasteiger partial charge in [0.05, 0.1) is 5.54 Å². The molecule has 1 amide bonds. The van der Waals surface area contributed by atoms with Crippen LogP contribution in [0.15, 0.2) is 18.2 Å². The number of fused-ring (bicyclic) bond motifs is 1. The molecular formula is C13H17ClN2O3. The fourth-order valence-electron chi connectivity index (χ4n) is 2.16. The number of nitrogens with one attached hydrogen (secondary N) is 1. The molecule has 0 spiro atoms. The Morgan fingerprint density at radius 3 is 2.53 bits per heavy atom. The van der Waals surface area contributed by atoms with Crippen LogP contribution in [-0.2, 0) is 4.79 Å². The zero-order valence-corrected chi connectivity index (χ0v) is 11.3. The summed E-state index contributed by atoms with van der Waals surface area (Å²) >= 11 is 0. The summed E-state index contributed by atoms with van der Waals surface area (Å²) in [6.45, 7) is 1.09. The minimum absolute atomic E-state index is 0. The predicted octanol–water partition coefficient (Wildman–Crippen LogP) is 1.70.